The molecular formula is C17H14O4. The number of carboxylic acid groups (broad SMARTS) is 2. The normalized spacial score (nSPS) is 22.5. The average molecular weight is 282 g/mol. The molecule has 0 unspecified atom stereocenters. The summed E-state index contributed by atoms with van der Waals surface area (Å²) in [6.07, 6.45) is 0. The number of carbonyl (C=O) groups is 2. The molecule has 0 spiro atoms. The Morgan fingerprint density at radius 2 is 1.05 bits per heavy atom. The van der Waals surface area contributed by atoms with E-state index in [0.29, 0.717) is 0 Å². The molecule has 21 heavy (non-hydrogen) atoms. The van der Waals surface area contributed by atoms with E-state index < -0.39 is 29.2 Å². The molecule has 2 aromatic carbocycles. The fourth-order valence-electron chi connectivity index (χ4n) is 3.38. The van der Waals surface area contributed by atoms with E-state index in [9.17, 15) is 19.8 Å². The smallest absolute Gasteiger partial charge is 0.308 e. The Bertz CT molecular complexity index is 617. The summed E-state index contributed by atoms with van der Waals surface area (Å²) in [5.74, 6) is -4.04. The SMILES string of the molecule is O=C(O)[C@@H]1[C@H](C(=O)O)C1(c1ccccc1)c1ccccc1. The number of carboxylic acids is 2. The van der Waals surface area contributed by atoms with Crippen molar-refractivity contribution in [1.29, 1.82) is 0 Å². The molecule has 3 rings (SSSR count). The number of rotatable bonds is 4. The second-order valence-corrected chi connectivity index (χ2v) is 5.23. The molecule has 0 saturated heterocycles. The third-order valence-corrected chi connectivity index (χ3v) is 4.24. The molecule has 0 aromatic heterocycles. The molecule has 2 N–H and O–H groups in total. The summed E-state index contributed by atoms with van der Waals surface area (Å²) >= 11 is 0. The molecule has 1 saturated carbocycles. The lowest BCUT2D eigenvalue weighted by atomic mass is 9.84. The fourth-order valence-corrected chi connectivity index (χ4v) is 3.38. The molecule has 1 aliphatic rings. The molecule has 1 fully saturated rings. The Morgan fingerprint density at radius 3 is 1.33 bits per heavy atom. The molecule has 4 heteroatoms. The van der Waals surface area contributed by atoms with E-state index in [2.05, 4.69) is 0 Å². The third-order valence-electron chi connectivity index (χ3n) is 4.24. The zero-order valence-electron chi connectivity index (χ0n) is 11.1. The van der Waals surface area contributed by atoms with Crippen molar-refractivity contribution in [2.45, 2.75) is 5.41 Å². The quantitative estimate of drug-likeness (QED) is 0.903. The Hall–Kier alpha value is -2.62. The van der Waals surface area contributed by atoms with Crippen LogP contribution in [0.4, 0.5) is 0 Å². The van der Waals surface area contributed by atoms with E-state index in [-0.39, 0.29) is 0 Å². The van der Waals surface area contributed by atoms with Gasteiger partial charge < -0.3 is 10.2 Å². The van der Waals surface area contributed by atoms with Gasteiger partial charge in [-0.25, -0.2) is 0 Å². The van der Waals surface area contributed by atoms with E-state index >= 15 is 0 Å². The molecule has 0 aliphatic heterocycles. The van der Waals surface area contributed by atoms with Gasteiger partial charge in [0.1, 0.15) is 0 Å². The van der Waals surface area contributed by atoms with Gasteiger partial charge >= 0.3 is 11.9 Å². The van der Waals surface area contributed by atoms with Crippen LogP contribution in [-0.2, 0) is 15.0 Å². The zero-order valence-corrected chi connectivity index (χ0v) is 11.1. The van der Waals surface area contributed by atoms with Crippen LogP contribution < -0.4 is 0 Å². The molecule has 0 heterocycles. The van der Waals surface area contributed by atoms with Crippen LogP contribution in [-0.4, -0.2) is 22.2 Å². The minimum absolute atomic E-state index is 0.732. The molecule has 2 aromatic rings. The van der Waals surface area contributed by atoms with Gasteiger partial charge in [-0.2, -0.15) is 0 Å². The Kier molecular flexibility index (Phi) is 3.01. The summed E-state index contributed by atoms with van der Waals surface area (Å²) in [5, 5.41) is 18.9. The largest absolute Gasteiger partial charge is 0.481 e. The minimum atomic E-state index is -1.07. The van der Waals surface area contributed by atoms with Crippen molar-refractivity contribution in [2.75, 3.05) is 0 Å². The van der Waals surface area contributed by atoms with E-state index in [1.165, 1.54) is 0 Å². The van der Waals surface area contributed by atoms with Crippen LogP contribution >= 0.6 is 0 Å². The summed E-state index contributed by atoms with van der Waals surface area (Å²) in [6, 6.07) is 18.1. The Labute approximate surface area is 121 Å². The predicted octanol–water partition coefficient (Wildman–Crippen LogP) is 2.39. The zero-order chi connectivity index (χ0) is 15.0. The number of hydrogen-bond acceptors (Lipinski definition) is 2. The van der Waals surface area contributed by atoms with Crippen molar-refractivity contribution in [3.05, 3.63) is 71.8 Å². The second kappa shape index (κ2) is 4.74. The molecule has 2 atom stereocenters. The molecule has 106 valence electrons. The first-order valence-electron chi connectivity index (χ1n) is 6.66. The summed E-state index contributed by atoms with van der Waals surface area (Å²) in [4.78, 5) is 23.2. The number of benzene rings is 2. The molecule has 4 nitrogen and oxygen atoms in total. The van der Waals surface area contributed by atoms with Crippen molar-refractivity contribution in [3.63, 3.8) is 0 Å². The van der Waals surface area contributed by atoms with Crippen molar-refractivity contribution in [1.82, 2.24) is 0 Å². The molecular weight excluding hydrogens is 268 g/mol. The molecule has 0 radical (unpaired) electrons. The van der Waals surface area contributed by atoms with Gasteiger partial charge in [-0.15, -0.1) is 0 Å². The highest BCUT2D eigenvalue weighted by atomic mass is 16.4. The highest BCUT2D eigenvalue weighted by Gasteiger charge is 2.73. The van der Waals surface area contributed by atoms with Gasteiger partial charge in [0.25, 0.3) is 0 Å². The van der Waals surface area contributed by atoms with Crippen molar-refractivity contribution < 1.29 is 19.8 Å². The monoisotopic (exact) mass is 282 g/mol. The average Bonchev–Trinajstić information content (AvgIpc) is 3.21. The van der Waals surface area contributed by atoms with Crippen LogP contribution in [0.3, 0.4) is 0 Å². The minimum Gasteiger partial charge on any atom is -0.481 e. The summed E-state index contributed by atoms with van der Waals surface area (Å²) in [6.45, 7) is 0. The van der Waals surface area contributed by atoms with Gasteiger partial charge in [-0.3, -0.25) is 9.59 Å². The topological polar surface area (TPSA) is 74.6 Å². The van der Waals surface area contributed by atoms with Crippen LogP contribution in [0.5, 0.6) is 0 Å². The first-order valence-corrected chi connectivity index (χ1v) is 6.66. The predicted molar refractivity (Wildman–Crippen MR) is 75.9 cm³/mol. The van der Waals surface area contributed by atoms with Crippen LogP contribution in [0.15, 0.2) is 60.7 Å². The van der Waals surface area contributed by atoms with E-state index in [1.54, 1.807) is 48.5 Å². The van der Waals surface area contributed by atoms with Crippen LogP contribution in [0, 0.1) is 11.8 Å². The fraction of sp³-hybridized carbons (Fsp3) is 0.176. The van der Waals surface area contributed by atoms with Gasteiger partial charge in [0.15, 0.2) is 0 Å². The van der Waals surface area contributed by atoms with Crippen LogP contribution in [0.1, 0.15) is 11.1 Å². The Balaban J connectivity index is 2.23. The summed E-state index contributed by atoms with van der Waals surface area (Å²) in [7, 11) is 0. The molecule has 0 bridgehead atoms. The van der Waals surface area contributed by atoms with Crippen LogP contribution in [0.25, 0.3) is 0 Å². The summed E-state index contributed by atoms with van der Waals surface area (Å²) < 4.78 is 0. The van der Waals surface area contributed by atoms with Crippen molar-refractivity contribution in [2.24, 2.45) is 11.8 Å². The standard InChI is InChI=1S/C17H14O4/c18-15(19)13-14(16(20)21)17(13,11-7-3-1-4-8-11)12-9-5-2-6-10-12/h1-10,13-14H,(H,18,19)(H,20,21)/t13-,14+. The van der Waals surface area contributed by atoms with Gasteiger partial charge in [-0.05, 0) is 11.1 Å². The second-order valence-electron chi connectivity index (χ2n) is 5.23. The van der Waals surface area contributed by atoms with Gasteiger partial charge in [0.2, 0.25) is 0 Å². The maximum atomic E-state index is 11.6. The highest BCUT2D eigenvalue weighted by Crippen LogP contribution is 2.64. The highest BCUT2D eigenvalue weighted by molar-refractivity contribution is 5.92. The van der Waals surface area contributed by atoms with E-state index in [4.69, 9.17) is 0 Å². The first-order chi connectivity index (χ1) is 10.1. The third kappa shape index (κ3) is 1.83. The lowest BCUT2D eigenvalue weighted by Crippen LogP contribution is -2.18. The van der Waals surface area contributed by atoms with Gasteiger partial charge in [0.05, 0.1) is 11.8 Å². The molecule has 1 aliphatic carbocycles. The van der Waals surface area contributed by atoms with Gasteiger partial charge in [-0.1, -0.05) is 60.7 Å². The lowest BCUT2D eigenvalue weighted by molar-refractivity contribution is -0.144. The number of hydrogen-bond donors (Lipinski definition) is 2. The van der Waals surface area contributed by atoms with Crippen LogP contribution in [0.2, 0.25) is 0 Å². The van der Waals surface area contributed by atoms with E-state index in [0.717, 1.165) is 11.1 Å². The van der Waals surface area contributed by atoms with E-state index in [1.807, 2.05) is 12.1 Å². The molecule has 0 amide bonds. The maximum absolute atomic E-state index is 11.6. The van der Waals surface area contributed by atoms with Crippen molar-refractivity contribution >= 4 is 11.9 Å². The van der Waals surface area contributed by atoms with Crippen molar-refractivity contribution in [3.8, 4) is 0 Å². The maximum Gasteiger partial charge on any atom is 0.308 e. The Morgan fingerprint density at radius 1 is 0.714 bits per heavy atom. The first kappa shape index (κ1) is 13.4. The summed E-state index contributed by atoms with van der Waals surface area (Å²) in [5.41, 5.74) is 0.479. The number of aliphatic carboxylic acids is 2. The van der Waals surface area contributed by atoms with Gasteiger partial charge in [0, 0.05) is 5.41 Å². The lowest BCUT2D eigenvalue weighted by Gasteiger charge is -2.18.